The number of likely N-dealkylation sites (N-methyl/N-ethyl adjacent to an activating group) is 1. The van der Waals surface area contributed by atoms with Gasteiger partial charge >= 0.3 is 17.9 Å². The van der Waals surface area contributed by atoms with E-state index in [0.717, 1.165) is 81.8 Å². The zero-order valence-corrected chi connectivity index (χ0v) is 58.4. The predicted octanol–water partition coefficient (Wildman–Crippen LogP) is 10.9. The first-order valence-corrected chi connectivity index (χ1v) is 35.9. The van der Waals surface area contributed by atoms with E-state index >= 15 is 0 Å². The lowest BCUT2D eigenvalue weighted by atomic mass is 9.78. The molecule has 0 heterocycles. The fourth-order valence-electron chi connectivity index (χ4n) is 11.3. The van der Waals surface area contributed by atoms with Crippen molar-refractivity contribution in [2.24, 2.45) is 29.4 Å². The minimum atomic E-state index is -1.19. The Kier molecular flexibility index (Phi) is 52.8. The molecule has 0 aromatic heterocycles. The van der Waals surface area contributed by atoms with E-state index in [-0.39, 0.29) is 156 Å². The number of nitrogens with one attached hydrogen (secondary N) is 3. The van der Waals surface area contributed by atoms with Crippen LogP contribution in [-0.4, -0.2) is 158 Å². The van der Waals surface area contributed by atoms with Gasteiger partial charge in [-0.1, -0.05) is 139 Å². The largest absolute Gasteiger partial charge is 0.481 e. The lowest BCUT2D eigenvalue weighted by molar-refractivity contribution is -0.145. The first-order chi connectivity index (χ1) is 46.1. The average molecular weight is 1360 g/mol. The number of unbranched alkanes of at least 4 members (excludes halogenated alkanes) is 17. The molecule has 546 valence electrons. The second-order valence-electron chi connectivity index (χ2n) is 25.7. The standard InChI is InChI=1S/C54H93N3O16.C19H27NO3/c1-55-51(63)41-73-37-35-70-32-18-20-45(58)40-72-36-34-71-33-19-21-47(59)46(29-31-53(66)67)57-50(62)30-28-44(54(68)69)38-48(60)43-26-24-42(25-27-43)39-56-49(61)22-16-14-12-10-8-6-4-2-3-5-7-9-11-13-15-17-23-52(64)65;1-3-17(21)13-16(19(20)23)7-5-4-6-8-18(22)15-11-9-14(2)10-12-15/h42-44,46H,2-41H2,1H3,(H,55,63)(H,56,61)(H,57,62)(H,64,65)(H,66,67)(H,68,69);9-12,16H,3-8,13H2,1-2H3,(H2,20,23)/t42?,43?,44-,46+;16-/m11/s1. The van der Waals surface area contributed by atoms with Gasteiger partial charge in [-0.2, -0.15) is 0 Å². The topological polar surface area (TPSA) is 365 Å². The second kappa shape index (κ2) is 57.7. The highest BCUT2D eigenvalue weighted by atomic mass is 16.5. The second-order valence-corrected chi connectivity index (χ2v) is 25.7. The molecule has 0 unspecified atom stereocenters. The number of benzene rings is 1. The van der Waals surface area contributed by atoms with E-state index in [2.05, 4.69) is 16.0 Å². The van der Waals surface area contributed by atoms with E-state index in [9.17, 15) is 67.7 Å². The van der Waals surface area contributed by atoms with Gasteiger partial charge in [-0.25, -0.2) is 0 Å². The maximum Gasteiger partial charge on any atom is 0.306 e. The van der Waals surface area contributed by atoms with Gasteiger partial charge in [-0.05, 0) is 89.9 Å². The number of carboxylic acids is 3. The number of aliphatic carboxylic acids is 3. The molecule has 0 bridgehead atoms. The molecule has 4 amide bonds. The summed E-state index contributed by atoms with van der Waals surface area (Å²) in [5, 5.41) is 35.9. The quantitative estimate of drug-likeness (QED) is 0.0235. The summed E-state index contributed by atoms with van der Waals surface area (Å²) in [5.74, 6) is -6.11. The van der Waals surface area contributed by atoms with Crippen LogP contribution in [0.15, 0.2) is 24.3 Å². The average Bonchev–Trinajstić information content (AvgIpc) is 3.33. The molecule has 3 atom stereocenters. The van der Waals surface area contributed by atoms with Crippen LogP contribution in [0.25, 0.3) is 0 Å². The number of nitrogens with two attached hydrogens (primary N) is 1. The van der Waals surface area contributed by atoms with Crippen molar-refractivity contribution >= 4 is 70.5 Å². The van der Waals surface area contributed by atoms with Crippen LogP contribution in [0.2, 0.25) is 0 Å². The van der Waals surface area contributed by atoms with Crippen molar-refractivity contribution < 1.29 is 91.8 Å². The van der Waals surface area contributed by atoms with Crippen LogP contribution in [0.5, 0.6) is 0 Å². The number of hydrogen-bond donors (Lipinski definition) is 7. The van der Waals surface area contributed by atoms with E-state index in [1.54, 1.807) is 6.92 Å². The van der Waals surface area contributed by atoms with Crippen molar-refractivity contribution in [2.75, 3.05) is 66.4 Å². The lowest BCUT2D eigenvalue weighted by Crippen LogP contribution is -2.41. The minimum Gasteiger partial charge on any atom is -0.481 e. The van der Waals surface area contributed by atoms with Crippen molar-refractivity contribution in [1.82, 2.24) is 16.0 Å². The van der Waals surface area contributed by atoms with Gasteiger partial charge in [0.05, 0.1) is 38.4 Å². The zero-order chi connectivity index (χ0) is 71.0. The molecule has 2 rings (SSSR count). The molecule has 23 nitrogen and oxygen atoms in total. The monoisotopic (exact) mass is 1360 g/mol. The summed E-state index contributed by atoms with van der Waals surface area (Å²) < 4.78 is 21.3. The molecule has 0 saturated heterocycles. The third-order valence-corrected chi connectivity index (χ3v) is 17.4. The number of carbonyl (C=O) groups excluding carboxylic acids is 9. The molecule has 8 N–H and O–H groups in total. The Morgan fingerprint density at radius 2 is 1.00 bits per heavy atom. The number of aryl methyl sites for hydroxylation is 1. The van der Waals surface area contributed by atoms with Gasteiger partial charge in [0.2, 0.25) is 23.6 Å². The number of ketones is 5. The van der Waals surface area contributed by atoms with Gasteiger partial charge in [0.1, 0.15) is 24.8 Å². The highest BCUT2D eigenvalue weighted by molar-refractivity contribution is 5.96. The van der Waals surface area contributed by atoms with E-state index in [0.29, 0.717) is 71.1 Å². The molecule has 1 aromatic rings. The Morgan fingerprint density at radius 1 is 0.490 bits per heavy atom. The van der Waals surface area contributed by atoms with Crippen molar-refractivity contribution in [3.8, 4) is 0 Å². The maximum atomic E-state index is 13.2. The Hall–Kier alpha value is -6.30. The Labute approximate surface area is 571 Å². The van der Waals surface area contributed by atoms with Crippen molar-refractivity contribution in [3.05, 3.63) is 35.4 Å². The third-order valence-electron chi connectivity index (χ3n) is 17.4. The molecule has 96 heavy (non-hydrogen) atoms. The number of rotatable bonds is 62. The van der Waals surface area contributed by atoms with Gasteiger partial charge in [0.15, 0.2) is 17.3 Å². The Morgan fingerprint density at radius 3 is 1.53 bits per heavy atom. The van der Waals surface area contributed by atoms with Crippen LogP contribution < -0.4 is 21.7 Å². The molecule has 1 fully saturated rings. The maximum absolute atomic E-state index is 13.2. The van der Waals surface area contributed by atoms with Gasteiger partial charge in [-0.3, -0.25) is 57.5 Å². The SMILES string of the molecule is CCC(=O)C[C@@H](CCCCCC(=O)c1ccc(C)cc1)C(N)=O.CNC(=O)COCCOCCCC(=O)COCCOCCCC(=O)[C@H](CCC(=O)O)NC(=O)CC[C@H](CC(=O)C1CCC(CNC(=O)CCCCCCCCCCCCCCCCCCC(=O)O)CC1)C(=O)O. The van der Waals surface area contributed by atoms with Crippen molar-refractivity contribution in [3.63, 3.8) is 0 Å². The molecule has 0 radical (unpaired) electrons. The normalized spacial score (nSPS) is 14.4. The van der Waals surface area contributed by atoms with Crippen LogP contribution in [0, 0.1) is 30.6 Å². The summed E-state index contributed by atoms with van der Waals surface area (Å²) in [4.78, 5) is 144. The highest BCUT2D eigenvalue weighted by Crippen LogP contribution is 2.31. The minimum absolute atomic E-state index is 0.000444. The third kappa shape index (κ3) is 49.2. The fraction of sp³-hybridized carbons (Fsp3) is 0.753. The van der Waals surface area contributed by atoms with E-state index in [4.69, 9.17) is 29.8 Å². The highest BCUT2D eigenvalue weighted by Gasteiger charge is 2.31. The van der Waals surface area contributed by atoms with Crippen molar-refractivity contribution in [2.45, 2.75) is 264 Å². The number of Topliss-reactive ketones (excluding diaryl/α,β-unsaturated/α-hetero) is 5. The Balaban J connectivity index is 0.00000167. The summed E-state index contributed by atoms with van der Waals surface area (Å²) in [6.07, 6.45) is 26.3. The first kappa shape index (κ1) is 87.7. The van der Waals surface area contributed by atoms with E-state index in [1.807, 2.05) is 31.2 Å². The van der Waals surface area contributed by atoms with Gasteiger partial charge in [-0.15, -0.1) is 0 Å². The molecule has 0 aliphatic heterocycles. The first-order valence-electron chi connectivity index (χ1n) is 35.9. The van der Waals surface area contributed by atoms with Crippen LogP contribution >= 0.6 is 0 Å². The van der Waals surface area contributed by atoms with Gasteiger partial charge < -0.3 is 56.0 Å². The van der Waals surface area contributed by atoms with Gasteiger partial charge in [0.25, 0.3) is 0 Å². The molecule has 1 aliphatic carbocycles. The van der Waals surface area contributed by atoms with Crippen LogP contribution in [0.3, 0.4) is 0 Å². The van der Waals surface area contributed by atoms with Crippen LogP contribution in [-0.2, 0) is 71.7 Å². The number of carboxylic acid groups (broad SMARTS) is 3. The van der Waals surface area contributed by atoms with Crippen LogP contribution in [0.4, 0.5) is 0 Å². The predicted molar refractivity (Wildman–Crippen MR) is 365 cm³/mol. The smallest absolute Gasteiger partial charge is 0.306 e. The van der Waals surface area contributed by atoms with E-state index < -0.39 is 41.7 Å². The molecule has 1 aliphatic rings. The number of ether oxygens (including phenoxy) is 4. The molecule has 1 aromatic carbocycles. The van der Waals surface area contributed by atoms with Gasteiger partial charge in [0, 0.05) is 108 Å². The number of hydrogen-bond acceptors (Lipinski definition) is 16. The molecule has 1 saturated carbocycles. The summed E-state index contributed by atoms with van der Waals surface area (Å²) in [5.41, 5.74) is 7.23. The van der Waals surface area contributed by atoms with E-state index in [1.165, 1.54) is 71.3 Å². The van der Waals surface area contributed by atoms with Crippen molar-refractivity contribution in [1.29, 1.82) is 0 Å². The molecular weight excluding hydrogens is 1240 g/mol. The van der Waals surface area contributed by atoms with Crippen LogP contribution in [0.1, 0.15) is 267 Å². The molecular formula is C73H120N4O19. The lowest BCUT2D eigenvalue weighted by Gasteiger charge is -2.28. The number of amides is 4. The molecule has 0 spiro atoms. The zero-order valence-electron chi connectivity index (χ0n) is 58.4. The molecule has 23 heteroatoms. The summed E-state index contributed by atoms with van der Waals surface area (Å²) in [6.45, 7) is 5.70. The summed E-state index contributed by atoms with van der Waals surface area (Å²) >= 11 is 0. The Bertz CT molecular complexity index is 2390. The fourth-order valence-corrected chi connectivity index (χ4v) is 11.3. The number of primary amides is 1. The summed E-state index contributed by atoms with van der Waals surface area (Å²) in [6, 6.07) is 6.51. The summed E-state index contributed by atoms with van der Waals surface area (Å²) in [7, 11) is 1.52. The number of carbonyl (C=O) groups is 12.